The van der Waals surface area contributed by atoms with Crippen LogP contribution in [0, 0.1) is 11.8 Å². The number of rotatable bonds is 7. The van der Waals surface area contributed by atoms with Crippen molar-refractivity contribution in [2.45, 2.75) is 57.7 Å². The Morgan fingerprint density at radius 1 is 1.42 bits per heavy atom. The third-order valence-corrected chi connectivity index (χ3v) is 4.00. The lowest BCUT2D eigenvalue weighted by Crippen LogP contribution is -2.19. The summed E-state index contributed by atoms with van der Waals surface area (Å²) in [5.74, 6) is -0.169. The van der Waals surface area contributed by atoms with E-state index in [1.165, 1.54) is 7.11 Å². The van der Waals surface area contributed by atoms with Crippen molar-refractivity contribution < 1.29 is 19.0 Å². The van der Waals surface area contributed by atoms with E-state index in [2.05, 4.69) is 4.74 Å². The van der Waals surface area contributed by atoms with Gasteiger partial charge in [-0.1, -0.05) is 25.5 Å². The minimum absolute atomic E-state index is 0.0188. The molecule has 1 aliphatic carbocycles. The number of allylic oxidation sites excluding steroid dienone is 2. The largest absolute Gasteiger partial charge is 0.469 e. The van der Waals surface area contributed by atoms with Crippen molar-refractivity contribution in [2.24, 2.45) is 11.8 Å². The normalized spacial score (nSPS) is 30.9. The van der Waals surface area contributed by atoms with Gasteiger partial charge in [0.25, 0.3) is 0 Å². The lowest BCUT2D eigenvalue weighted by molar-refractivity contribution is -0.140. The first-order valence-electron chi connectivity index (χ1n) is 7.14. The standard InChI is InChI=1S/C15H25FO3/c1-3-11-12(14(17)10-13(11)16)8-6-4-5-7-9-15(18)19-2/h4,6,11-14,17H,3,5,7-10H2,1-2H3/b6-4+. The Bertz CT molecular complexity index is 304. The van der Waals surface area contributed by atoms with Gasteiger partial charge < -0.3 is 9.84 Å². The maximum absolute atomic E-state index is 13.6. The first-order valence-corrected chi connectivity index (χ1v) is 7.14. The number of methoxy groups -OCH3 is 1. The van der Waals surface area contributed by atoms with Gasteiger partial charge >= 0.3 is 5.97 Å². The van der Waals surface area contributed by atoms with Crippen LogP contribution in [-0.2, 0) is 9.53 Å². The highest BCUT2D eigenvalue weighted by Gasteiger charge is 2.40. The highest BCUT2D eigenvalue weighted by Crippen LogP contribution is 2.38. The second-order valence-electron chi connectivity index (χ2n) is 5.23. The summed E-state index contributed by atoms with van der Waals surface area (Å²) in [6, 6.07) is 0. The summed E-state index contributed by atoms with van der Waals surface area (Å²) in [5.41, 5.74) is 0. The molecule has 0 heterocycles. The SMILES string of the molecule is CCC1C(F)CC(O)C1C/C=C/CCCC(=O)OC. The van der Waals surface area contributed by atoms with E-state index in [1.807, 2.05) is 19.1 Å². The number of ether oxygens (including phenoxy) is 1. The maximum Gasteiger partial charge on any atom is 0.305 e. The molecular weight excluding hydrogens is 247 g/mol. The Labute approximate surface area is 114 Å². The molecule has 0 aromatic carbocycles. The van der Waals surface area contributed by atoms with Crippen LogP contribution in [0.15, 0.2) is 12.2 Å². The van der Waals surface area contributed by atoms with E-state index in [9.17, 15) is 14.3 Å². The number of aliphatic hydroxyl groups is 1. The van der Waals surface area contributed by atoms with E-state index in [0.29, 0.717) is 6.42 Å². The zero-order valence-corrected chi connectivity index (χ0v) is 11.8. The summed E-state index contributed by atoms with van der Waals surface area (Å²) in [6.45, 7) is 1.97. The number of aliphatic hydroxyl groups excluding tert-OH is 1. The van der Waals surface area contributed by atoms with E-state index in [4.69, 9.17) is 0 Å². The van der Waals surface area contributed by atoms with Crippen LogP contribution < -0.4 is 0 Å². The van der Waals surface area contributed by atoms with E-state index >= 15 is 0 Å². The zero-order chi connectivity index (χ0) is 14.3. The fourth-order valence-electron chi connectivity index (χ4n) is 2.86. The molecule has 19 heavy (non-hydrogen) atoms. The van der Waals surface area contributed by atoms with Crippen LogP contribution in [0.4, 0.5) is 4.39 Å². The Morgan fingerprint density at radius 3 is 2.79 bits per heavy atom. The fraction of sp³-hybridized carbons (Fsp3) is 0.800. The Balaban J connectivity index is 2.25. The van der Waals surface area contributed by atoms with Gasteiger partial charge in [-0.3, -0.25) is 4.79 Å². The summed E-state index contributed by atoms with van der Waals surface area (Å²) in [4.78, 5) is 10.9. The molecule has 0 amide bonds. The van der Waals surface area contributed by atoms with Gasteiger partial charge in [0, 0.05) is 12.8 Å². The van der Waals surface area contributed by atoms with Crippen molar-refractivity contribution >= 4 is 5.97 Å². The second-order valence-corrected chi connectivity index (χ2v) is 5.23. The molecule has 0 saturated heterocycles. The number of hydrogen-bond acceptors (Lipinski definition) is 3. The number of carbonyl (C=O) groups is 1. The molecular formula is C15H25FO3. The predicted octanol–water partition coefficient (Wildman–Crippen LogP) is 3.02. The van der Waals surface area contributed by atoms with Crippen LogP contribution in [-0.4, -0.2) is 30.5 Å². The highest BCUT2D eigenvalue weighted by molar-refractivity contribution is 5.68. The molecule has 0 bridgehead atoms. The van der Waals surface area contributed by atoms with Crippen molar-refractivity contribution in [3.63, 3.8) is 0 Å². The quantitative estimate of drug-likeness (QED) is 0.440. The van der Waals surface area contributed by atoms with Crippen LogP contribution in [0.2, 0.25) is 0 Å². The van der Waals surface area contributed by atoms with Crippen LogP contribution in [0.1, 0.15) is 45.4 Å². The number of halogens is 1. The number of unbranched alkanes of at least 4 members (excludes halogenated alkanes) is 1. The van der Waals surface area contributed by atoms with Gasteiger partial charge in [0.15, 0.2) is 0 Å². The molecule has 3 nitrogen and oxygen atoms in total. The molecule has 4 atom stereocenters. The second kappa shape index (κ2) is 8.31. The van der Waals surface area contributed by atoms with Gasteiger partial charge in [0.05, 0.1) is 13.2 Å². The molecule has 0 aromatic heterocycles. The van der Waals surface area contributed by atoms with E-state index < -0.39 is 12.3 Å². The summed E-state index contributed by atoms with van der Waals surface area (Å²) >= 11 is 0. The van der Waals surface area contributed by atoms with Gasteiger partial charge in [-0.05, 0) is 31.1 Å². The van der Waals surface area contributed by atoms with Crippen LogP contribution in [0.5, 0.6) is 0 Å². The molecule has 0 aromatic rings. The molecule has 0 radical (unpaired) electrons. The molecule has 1 saturated carbocycles. The Morgan fingerprint density at radius 2 is 2.16 bits per heavy atom. The number of hydrogen-bond donors (Lipinski definition) is 1. The van der Waals surface area contributed by atoms with Gasteiger partial charge in [-0.25, -0.2) is 4.39 Å². The average molecular weight is 272 g/mol. The van der Waals surface area contributed by atoms with Gasteiger partial charge in [0.2, 0.25) is 0 Å². The summed E-state index contributed by atoms with van der Waals surface area (Å²) in [7, 11) is 1.39. The maximum atomic E-state index is 13.6. The van der Waals surface area contributed by atoms with E-state index in [1.54, 1.807) is 0 Å². The average Bonchev–Trinajstić information content (AvgIpc) is 2.67. The fourth-order valence-corrected chi connectivity index (χ4v) is 2.86. The van der Waals surface area contributed by atoms with E-state index in [-0.39, 0.29) is 24.2 Å². The molecule has 110 valence electrons. The van der Waals surface area contributed by atoms with Crippen LogP contribution >= 0.6 is 0 Å². The molecule has 1 aliphatic rings. The van der Waals surface area contributed by atoms with Crippen molar-refractivity contribution in [2.75, 3.05) is 7.11 Å². The Kier molecular flexibility index (Phi) is 7.06. The molecule has 1 rings (SSSR count). The third kappa shape index (κ3) is 4.94. The number of esters is 1. The predicted molar refractivity (Wildman–Crippen MR) is 72.4 cm³/mol. The Hall–Kier alpha value is -0.900. The topological polar surface area (TPSA) is 46.5 Å². The lowest BCUT2D eigenvalue weighted by Gasteiger charge is -2.19. The zero-order valence-electron chi connectivity index (χ0n) is 11.8. The molecule has 1 fully saturated rings. The summed E-state index contributed by atoms with van der Waals surface area (Å²) in [6.07, 6.45) is 6.41. The summed E-state index contributed by atoms with van der Waals surface area (Å²) < 4.78 is 18.2. The smallest absolute Gasteiger partial charge is 0.305 e. The minimum atomic E-state index is -0.863. The lowest BCUT2D eigenvalue weighted by atomic mass is 9.89. The van der Waals surface area contributed by atoms with E-state index in [0.717, 1.165) is 25.7 Å². The van der Waals surface area contributed by atoms with Crippen molar-refractivity contribution in [1.82, 2.24) is 0 Å². The number of carbonyl (C=O) groups excluding carboxylic acids is 1. The van der Waals surface area contributed by atoms with Gasteiger partial charge in [-0.2, -0.15) is 0 Å². The van der Waals surface area contributed by atoms with Gasteiger partial charge in [0.1, 0.15) is 6.17 Å². The highest BCUT2D eigenvalue weighted by atomic mass is 19.1. The monoisotopic (exact) mass is 272 g/mol. The molecule has 4 unspecified atom stereocenters. The molecule has 0 aliphatic heterocycles. The minimum Gasteiger partial charge on any atom is -0.469 e. The number of alkyl halides is 1. The first-order chi connectivity index (χ1) is 9.10. The first kappa shape index (κ1) is 16.2. The van der Waals surface area contributed by atoms with Crippen molar-refractivity contribution in [3.05, 3.63) is 12.2 Å². The molecule has 0 spiro atoms. The van der Waals surface area contributed by atoms with Crippen LogP contribution in [0.25, 0.3) is 0 Å². The van der Waals surface area contributed by atoms with Crippen LogP contribution in [0.3, 0.4) is 0 Å². The van der Waals surface area contributed by atoms with Crippen molar-refractivity contribution in [1.29, 1.82) is 0 Å². The van der Waals surface area contributed by atoms with Crippen molar-refractivity contribution in [3.8, 4) is 0 Å². The molecule has 4 heteroatoms. The van der Waals surface area contributed by atoms with Gasteiger partial charge in [-0.15, -0.1) is 0 Å². The third-order valence-electron chi connectivity index (χ3n) is 4.00. The summed E-state index contributed by atoms with van der Waals surface area (Å²) in [5, 5.41) is 9.83. The molecule has 1 N–H and O–H groups in total.